The zero-order valence-corrected chi connectivity index (χ0v) is 12.2. The largest absolute Gasteiger partial charge is 0.322 e. The van der Waals surface area contributed by atoms with Gasteiger partial charge in [0.15, 0.2) is 0 Å². The van der Waals surface area contributed by atoms with Crippen LogP contribution in [-0.4, -0.2) is 21.7 Å². The summed E-state index contributed by atoms with van der Waals surface area (Å²) in [6, 6.07) is 5.64. The van der Waals surface area contributed by atoms with Crippen molar-refractivity contribution < 1.29 is 9.59 Å². The maximum atomic E-state index is 12.3. The topological polar surface area (TPSA) is 76.0 Å². The van der Waals surface area contributed by atoms with E-state index < -0.39 is 11.6 Å². The van der Waals surface area contributed by atoms with E-state index in [9.17, 15) is 9.59 Å². The summed E-state index contributed by atoms with van der Waals surface area (Å²) < 4.78 is 1.76. The number of fused-ring (bicyclic) bond motifs is 2. The van der Waals surface area contributed by atoms with Crippen LogP contribution in [0.15, 0.2) is 30.6 Å². The Kier molecular flexibility index (Phi) is 2.63. The number of amides is 3. The van der Waals surface area contributed by atoms with Gasteiger partial charge < -0.3 is 5.32 Å². The molecule has 1 saturated heterocycles. The van der Waals surface area contributed by atoms with Crippen LogP contribution in [0.5, 0.6) is 0 Å². The molecule has 0 radical (unpaired) electrons. The van der Waals surface area contributed by atoms with Crippen molar-refractivity contribution in [1.82, 2.24) is 20.4 Å². The van der Waals surface area contributed by atoms with Gasteiger partial charge in [-0.05, 0) is 36.0 Å². The Bertz CT molecular complexity index is 795. The summed E-state index contributed by atoms with van der Waals surface area (Å²) in [5.41, 5.74) is 3.26. The molecule has 0 bridgehead atoms. The third-order valence-electron chi connectivity index (χ3n) is 4.54. The first-order chi connectivity index (χ1) is 10.6. The van der Waals surface area contributed by atoms with Crippen LogP contribution in [0.1, 0.15) is 24.0 Å². The number of rotatable bonds is 1. The quantitative estimate of drug-likeness (QED) is 0.782. The van der Waals surface area contributed by atoms with Crippen LogP contribution in [0.3, 0.4) is 0 Å². The lowest BCUT2D eigenvalue weighted by Crippen LogP contribution is -2.46. The van der Waals surface area contributed by atoms with E-state index in [0.29, 0.717) is 6.42 Å². The van der Waals surface area contributed by atoms with Gasteiger partial charge in [0.2, 0.25) is 0 Å². The maximum absolute atomic E-state index is 12.3. The van der Waals surface area contributed by atoms with E-state index in [1.165, 1.54) is 0 Å². The fraction of sp³-hybridized carbons (Fsp3) is 0.312. The molecule has 1 aliphatic heterocycles. The number of aryl methyl sites for hydroxylation is 2. The predicted octanol–water partition coefficient (Wildman–Crippen LogP) is 1.46. The summed E-state index contributed by atoms with van der Waals surface area (Å²) in [5.74, 6) is -0.243. The lowest BCUT2D eigenvalue weighted by molar-refractivity contribution is -0.124. The molecule has 1 spiro atoms. The molecule has 2 aromatic rings. The zero-order valence-electron chi connectivity index (χ0n) is 12.2. The van der Waals surface area contributed by atoms with E-state index >= 15 is 0 Å². The summed E-state index contributed by atoms with van der Waals surface area (Å²) in [7, 11) is 1.88. The van der Waals surface area contributed by atoms with Gasteiger partial charge in [-0.3, -0.25) is 14.8 Å². The highest BCUT2D eigenvalue weighted by Gasteiger charge is 2.49. The summed E-state index contributed by atoms with van der Waals surface area (Å²) in [5, 5.41) is 9.38. The minimum Gasteiger partial charge on any atom is -0.319 e. The minimum absolute atomic E-state index is 0.243. The lowest BCUT2D eigenvalue weighted by Gasteiger charge is -2.33. The molecule has 1 aromatic heterocycles. The molecule has 112 valence electrons. The van der Waals surface area contributed by atoms with Crippen LogP contribution in [0.4, 0.5) is 4.79 Å². The molecule has 3 amide bonds. The van der Waals surface area contributed by atoms with Crippen molar-refractivity contribution in [3.63, 3.8) is 0 Å². The fourth-order valence-electron chi connectivity index (χ4n) is 3.50. The normalized spacial score (nSPS) is 23.3. The number of nitrogens with zero attached hydrogens (tertiary/aromatic N) is 2. The third kappa shape index (κ3) is 1.76. The van der Waals surface area contributed by atoms with E-state index in [2.05, 4.69) is 21.8 Å². The van der Waals surface area contributed by atoms with E-state index in [0.717, 1.165) is 35.1 Å². The first-order valence-electron chi connectivity index (χ1n) is 7.34. The molecule has 4 rings (SSSR count). The number of carbonyl (C=O) groups is 2. The SMILES string of the molecule is Cn1cc(-c2ccc3c(c2)CCCC32NC(=O)NC2=O)cn1. The van der Waals surface area contributed by atoms with E-state index in [1.807, 2.05) is 31.6 Å². The zero-order chi connectivity index (χ0) is 15.3. The highest BCUT2D eigenvalue weighted by atomic mass is 16.2. The summed E-state index contributed by atoms with van der Waals surface area (Å²) >= 11 is 0. The molecule has 6 nitrogen and oxygen atoms in total. The van der Waals surface area contributed by atoms with Crippen molar-refractivity contribution in [3.8, 4) is 11.1 Å². The molecular weight excluding hydrogens is 280 g/mol. The van der Waals surface area contributed by atoms with Crippen molar-refractivity contribution >= 4 is 11.9 Å². The van der Waals surface area contributed by atoms with Crippen LogP contribution in [0.25, 0.3) is 11.1 Å². The Morgan fingerprint density at radius 2 is 2.14 bits per heavy atom. The van der Waals surface area contributed by atoms with Gasteiger partial charge in [0.05, 0.1) is 6.20 Å². The van der Waals surface area contributed by atoms with Crippen LogP contribution >= 0.6 is 0 Å². The Balaban J connectivity index is 1.81. The third-order valence-corrected chi connectivity index (χ3v) is 4.54. The molecule has 6 heteroatoms. The van der Waals surface area contributed by atoms with Gasteiger partial charge in [-0.15, -0.1) is 0 Å². The molecular formula is C16H16N4O2. The molecule has 2 N–H and O–H groups in total. The Labute approximate surface area is 127 Å². The standard InChI is InChI=1S/C16H16N4O2/c1-20-9-12(8-17-20)10-4-5-13-11(7-10)3-2-6-16(13)14(21)18-15(22)19-16/h4-5,7-9H,2-3,6H2,1H3,(H2,18,19,21,22). The van der Waals surface area contributed by atoms with Crippen LogP contribution in [0.2, 0.25) is 0 Å². The minimum atomic E-state index is -0.891. The smallest absolute Gasteiger partial charge is 0.319 e. The molecule has 1 aromatic carbocycles. The average molecular weight is 296 g/mol. The number of aromatic nitrogens is 2. The summed E-state index contributed by atoms with van der Waals surface area (Å²) in [6.45, 7) is 0. The molecule has 0 saturated carbocycles. The molecule has 22 heavy (non-hydrogen) atoms. The Morgan fingerprint density at radius 1 is 1.27 bits per heavy atom. The number of benzene rings is 1. The molecule has 1 unspecified atom stereocenters. The molecule has 1 fully saturated rings. The first kappa shape index (κ1) is 13.1. The van der Waals surface area contributed by atoms with Gasteiger partial charge in [0, 0.05) is 18.8 Å². The van der Waals surface area contributed by atoms with Gasteiger partial charge in [-0.1, -0.05) is 18.2 Å². The van der Waals surface area contributed by atoms with Crippen molar-refractivity contribution in [2.75, 3.05) is 0 Å². The monoisotopic (exact) mass is 296 g/mol. The van der Waals surface area contributed by atoms with Crippen LogP contribution in [-0.2, 0) is 23.8 Å². The summed E-state index contributed by atoms with van der Waals surface area (Å²) in [4.78, 5) is 23.8. The maximum Gasteiger partial charge on any atom is 0.322 e. The number of hydrogen-bond acceptors (Lipinski definition) is 3. The lowest BCUT2D eigenvalue weighted by atomic mass is 9.76. The number of nitrogens with one attached hydrogen (secondary N) is 2. The second-order valence-electron chi connectivity index (χ2n) is 5.94. The molecule has 2 aliphatic rings. The second-order valence-corrected chi connectivity index (χ2v) is 5.94. The Hall–Kier alpha value is -2.63. The highest BCUT2D eigenvalue weighted by molar-refractivity contribution is 6.07. The second kappa shape index (κ2) is 4.43. The van der Waals surface area contributed by atoms with E-state index in [4.69, 9.17) is 0 Å². The first-order valence-corrected chi connectivity index (χ1v) is 7.34. The van der Waals surface area contributed by atoms with Crippen molar-refractivity contribution in [2.45, 2.75) is 24.8 Å². The van der Waals surface area contributed by atoms with Gasteiger partial charge in [-0.2, -0.15) is 5.10 Å². The number of hydrogen-bond donors (Lipinski definition) is 2. The van der Waals surface area contributed by atoms with Crippen LogP contribution < -0.4 is 10.6 Å². The van der Waals surface area contributed by atoms with Crippen molar-refractivity contribution in [2.24, 2.45) is 7.05 Å². The van der Waals surface area contributed by atoms with Gasteiger partial charge >= 0.3 is 6.03 Å². The van der Waals surface area contributed by atoms with Crippen molar-refractivity contribution in [3.05, 3.63) is 41.7 Å². The number of urea groups is 1. The highest BCUT2D eigenvalue weighted by Crippen LogP contribution is 2.39. The van der Waals surface area contributed by atoms with Gasteiger partial charge in [0.1, 0.15) is 5.54 Å². The van der Waals surface area contributed by atoms with Gasteiger partial charge in [-0.25, -0.2) is 4.79 Å². The van der Waals surface area contributed by atoms with E-state index in [-0.39, 0.29) is 5.91 Å². The van der Waals surface area contributed by atoms with Crippen LogP contribution in [0, 0.1) is 0 Å². The van der Waals surface area contributed by atoms with Gasteiger partial charge in [0.25, 0.3) is 5.91 Å². The number of carbonyl (C=O) groups excluding carboxylic acids is 2. The summed E-state index contributed by atoms with van der Waals surface area (Å²) in [6.07, 6.45) is 6.21. The Morgan fingerprint density at radius 3 is 2.82 bits per heavy atom. The molecule has 1 aliphatic carbocycles. The van der Waals surface area contributed by atoms with Crippen molar-refractivity contribution in [1.29, 1.82) is 0 Å². The number of imide groups is 1. The predicted molar refractivity (Wildman–Crippen MR) is 79.9 cm³/mol. The average Bonchev–Trinajstić information content (AvgIpc) is 3.04. The molecule has 2 heterocycles. The van der Waals surface area contributed by atoms with E-state index in [1.54, 1.807) is 4.68 Å². The molecule has 1 atom stereocenters. The fourth-order valence-corrected chi connectivity index (χ4v) is 3.50.